The van der Waals surface area contributed by atoms with Gasteiger partial charge in [-0.3, -0.25) is 4.79 Å². The summed E-state index contributed by atoms with van der Waals surface area (Å²) in [7, 11) is 3.25. The van der Waals surface area contributed by atoms with E-state index in [9.17, 15) is 4.79 Å². The lowest BCUT2D eigenvalue weighted by molar-refractivity contribution is -0.104. The summed E-state index contributed by atoms with van der Waals surface area (Å²) in [6, 6.07) is 17.6. The first-order chi connectivity index (χ1) is 12.6. The van der Waals surface area contributed by atoms with Gasteiger partial charge in [0.15, 0.2) is 0 Å². The molecule has 0 spiro atoms. The van der Waals surface area contributed by atoms with Crippen LogP contribution in [0.5, 0.6) is 0 Å². The lowest BCUT2D eigenvalue weighted by atomic mass is 10.0. The second-order valence-corrected chi connectivity index (χ2v) is 5.26. The smallest absolute Gasteiger partial charge is 0.356 e. The van der Waals surface area contributed by atoms with Gasteiger partial charge in [-0.05, 0) is 35.7 Å². The first-order valence-electron chi connectivity index (χ1n) is 7.97. The van der Waals surface area contributed by atoms with E-state index in [2.05, 4.69) is 35.1 Å². The number of nitrogens with one attached hydrogen (secondary N) is 1. The van der Waals surface area contributed by atoms with Gasteiger partial charge in [-0.25, -0.2) is 9.78 Å². The van der Waals surface area contributed by atoms with Crippen molar-refractivity contribution in [1.29, 1.82) is 0 Å². The number of esters is 1. The number of rotatable bonds is 4. The normalized spacial score (nSPS) is 9.62. The monoisotopic (exact) mass is 348 g/mol. The van der Waals surface area contributed by atoms with Gasteiger partial charge < -0.3 is 10.1 Å². The number of allylic oxidation sites excluding steroid dienone is 1. The number of ether oxygens (including phenoxy) is 1. The number of hydrogen-bond donors (Lipinski definition) is 1. The summed E-state index contributed by atoms with van der Waals surface area (Å²) in [5.41, 5.74) is 3.07. The number of aromatic nitrogens is 1. The van der Waals surface area contributed by atoms with Crippen LogP contribution in [0.3, 0.4) is 0 Å². The number of carbonyl (C=O) groups excluding carboxylic acids is 2. The molecule has 3 rings (SSSR count). The number of pyridine rings is 1. The Balaban J connectivity index is 0.000000552. The Kier molecular flexibility index (Phi) is 6.62. The van der Waals surface area contributed by atoms with E-state index in [1.807, 2.05) is 37.4 Å². The number of hydrogen-bond acceptors (Lipinski definition) is 5. The van der Waals surface area contributed by atoms with Gasteiger partial charge in [0.2, 0.25) is 0 Å². The van der Waals surface area contributed by atoms with Crippen molar-refractivity contribution in [3.63, 3.8) is 0 Å². The van der Waals surface area contributed by atoms with Crippen LogP contribution in [0.2, 0.25) is 0 Å². The predicted octanol–water partition coefficient (Wildman–Crippen LogP) is 4.10. The molecule has 5 heteroatoms. The largest absolute Gasteiger partial charge is 0.464 e. The van der Waals surface area contributed by atoms with Crippen LogP contribution in [-0.4, -0.2) is 31.4 Å². The molecule has 0 aliphatic carbocycles. The summed E-state index contributed by atoms with van der Waals surface area (Å²) in [6.07, 6.45) is 1.83. The first kappa shape index (κ1) is 18.9. The number of benzene rings is 2. The highest BCUT2D eigenvalue weighted by atomic mass is 16.5. The average Bonchev–Trinajstić information content (AvgIpc) is 2.72. The Morgan fingerprint density at radius 1 is 1.15 bits per heavy atom. The van der Waals surface area contributed by atoms with Gasteiger partial charge in [-0.1, -0.05) is 36.9 Å². The Hall–Kier alpha value is -3.47. The molecule has 0 fully saturated rings. The maximum Gasteiger partial charge on any atom is 0.356 e. The Bertz CT molecular complexity index is 929. The number of aldehydes is 1. The molecule has 0 saturated carbocycles. The van der Waals surface area contributed by atoms with Gasteiger partial charge in [0.05, 0.1) is 12.8 Å². The van der Waals surface area contributed by atoms with Crippen LogP contribution in [0, 0.1) is 0 Å². The van der Waals surface area contributed by atoms with Crippen LogP contribution in [0.4, 0.5) is 5.69 Å². The summed E-state index contributed by atoms with van der Waals surface area (Å²) in [6.45, 7) is 3.11. The Morgan fingerprint density at radius 2 is 1.88 bits per heavy atom. The highest BCUT2D eigenvalue weighted by Crippen LogP contribution is 2.28. The molecule has 132 valence electrons. The highest BCUT2D eigenvalue weighted by molar-refractivity contribution is 5.96. The van der Waals surface area contributed by atoms with Gasteiger partial charge in [-0.2, -0.15) is 0 Å². The van der Waals surface area contributed by atoms with Gasteiger partial charge in [-0.15, -0.1) is 0 Å². The Morgan fingerprint density at radius 3 is 2.54 bits per heavy atom. The van der Waals surface area contributed by atoms with Crippen molar-refractivity contribution in [2.45, 2.75) is 0 Å². The second-order valence-electron chi connectivity index (χ2n) is 5.26. The van der Waals surface area contributed by atoms with E-state index < -0.39 is 5.97 Å². The van der Waals surface area contributed by atoms with Gasteiger partial charge in [0.25, 0.3) is 0 Å². The molecule has 1 heterocycles. The molecule has 0 amide bonds. The second kappa shape index (κ2) is 9.13. The fourth-order valence-electron chi connectivity index (χ4n) is 2.46. The topological polar surface area (TPSA) is 68.3 Å². The zero-order valence-corrected chi connectivity index (χ0v) is 14.7. The van der Waals surface area contributed by atoms with E-state index in [0.717, 1.165) is 27.7 Å². The highest BCUT2D eigenvalue weighted by Gasteiger charge is 2.09. The molecule has 26 heavy (non-hydrogen) atoms. The van der Waals surface area contributed by atoms with Crippen molar-refractivity contribution in [3.05, 3.63) is 72.9 Å². The quantitative estimate of drug-likeness (QED) is 0.437. The van der Waals surface area contributed by atoms with E-state index in [1.165, 1.54) is 13.2 Å². The maximum absolute atomic E-state index is 11.6. The molecule has 1 aromatic heterocycles. The third kappa shape index (κ3) is 4.33. The lowest BCUT2D eigenvalue weighted by Crippen LogP contribution is -2.04. The van der Waals surface area contributed by atoms with Crippen molar-refractivity contribution in [2.24, 2.45) is 0 Å². The van der Waals surface area contributed by atoms with Crippen LogP contribution < -0.4 is 5.32 Å². The lowest BCUT2D eigenvalue weighted by Gasteiger charge is -2.09. The van der Waals surface area contributed by atoms with Crippen molar-refractivity contribution < 1.29 is 14.3 Å². The molecule has 0 atom stereocenters. The number of anilines is 1. The third-order valence-corrected chi connectivity index (χ3v) is 3.69. The summed E-state index contributed by atoms with van der Waals surface area (Å²) >= 11 is 0. The van der Waals surface area contributed by atoms with Crippen LogP contribution in [0.25, 0.3) is 22.0 Å². The molecule has 2 aromatic carbocycles. The zero-order chi connectivity index (χ0) is 18.9. The minimum Gasteiger partial charge on any atom is -0.464 e. The van der Waals surface area contributed by atoms with E-state index >= 15 is 0 Å². The van der Waals surface area contributed by atoms with E-state index in [4.69, 9.17) is 9.53 Å². The molecule has 0 radical (unpaired) electrons. The molecule has 0 unspecified atom stereocenters. The summed E-state index contributed by atoms with van der Waals surface area (Å²) in [5.74, 6) is -0.432. The van der Waals surface area contributed by atoms with Gasteiger partial charge >= 0.3 is 5.97 Å². The van der Waals surface area contributed by atoms with E-state index in [0.29, 0.717) is 12.0 Å². The number of nitrogens with zero attached hydrogens (tertiary/aromatic N) is 1. The molecule has 1 N–H and O–H groups in total. The van der Waals surface area contributed by atoms with Crippen molar-refractivity contribution in [3.8, 4) is 11.3 Å². The summed E-state index contributed by atoms with van der Waals surface area (Å²) in [5, 5.41) is 5.46. The SMILES string of the molecule is C=CC=O.CNc1cccc2ccc(-c3cccc(C(=O)OC)n3)cc12. The average molecular weight is 348 g/mol. The van der Waals surface area contributed by atoms with Crippen molar-refractivity contribution >= 4 is 28.7 Å². The predicted molar refractivity (Wildman–Crippen MR) is 104 cm³/mol. The molecule has 0 bridgehead atoms. The molecular weight excluding hydrogens is 328 g/mol. The third-order valence-electron chi connectivity index (χ3n) is 3.69. The van der Waals surface area contributed by atoms with Crippen LogP contribution in [0.1, 0.15) is 10.5 Å². The van der Waals surface area contributed by atoms with E-state index in [-0.39, 0.29) is 0 Å². The van der Waals surface area contributed by atoms with E-state index in [1.54, 1.807) is 6.07 Å². The van der Waals surface area contributed by atoms with Crippen molar-refractivity contribution in [2.75, 3.05) is 19.5 Å². The minimum atomic E-state index is -0.432. The fourth-order valence-corrected chi connectivity index (χ4v) is 2.46. The number of fused-ring (bicyclic) bond motifs is 1. The standard InChI is InChI=1S/C18H16N2O2.C3H4O/c1-19-16-7-3-5-12-9-10-13(11-14(12)16)15-6-4-8-17(20-15)18(21)22-2;1-2-3-4/h3-11,19H,1-2H3;2-3H,1H2. The van der Waals surface area contributed by atoms with Crippen LogP contribution in [0.15, 0.2) is 67.3 Å². The summed E-state index contributed by atoms with van der Waals surface area (Å²) in [4.78, 5) is 25.1. The van der Waals surface area contributed by atoms with Crippen LogP contribution in [-0.2, 0) is 9.53 Å². The molecule has 0 aliphatic heterocycles. The molecule has 5 nitrogen and oxygen atoms in total. The number of methoxy groups -OCH3 is 1. The summed E-state index contributed by atoms with van der Waals surface area (Å²) < 4.78 is 4.72. The molecular formula is C21H20N2O3. The number of carbonyl (C=O) groups is 2. The molecule has 0 saturated heterocycles. The molecule has 0 aliphatic rings. The van der Waals surface area contributed by atoms with Gasteiger partial charge in [0.1, 0.15) is 12.0 Å². The van der Waals surface area contributed by atoms with Gasteiger partial charge in [0, 0.05) is 23.7 Å². The van der Waals surface area contributed by atoms with Crippen LogP contribution >= 0.6 is 0 Å². The first-order valence-corrected chi connectivity index (χ1v) is 7.97. The Labute approximate surface area is 152 Å². The maximum atomic E-state index is 11.6. The zero-order valence-electron chi connectivity index (χ0n) is 14.7. The van der Waals surface area contributed by atoms with Crippen molar-refractivity contribution in [1.82, 2.24) is 4.98 Å². The minimum absolute atomic E-state index is 0.307. The fraction of sp³-hybridized carbons (Fsp3) is 0.0952. The molecule has 3 aromatic rings.